The molecule has 1 heterocycles. The van der Waals surface area contributed by atoms with Gasteiger partial charge in [-0.2, -0.15) is 0 Å². The van der Waals surface area contributed by atoms with Crippen molar-refractivity contribution in [3.05, 3.63) is 47.9 Å². The van der Waals surface area contributed by atoms with Crippen LogP contribution in [0.5, 0.6) is 0 Å². The number of aryl methyl sites for hydroxylation is 1. The van der Waals surface area contributed by atoms with Crippen molar-refractivity contribution >= 4 is 15.7 Å². The highest BCUT2D eigenvalue weighted by molar-refractivity contribution is 7.89. The molecule has 6 heteroatoms. The fourth-order valence-corrected chi connectivity index (χ4v) is 3.53. The van der Waals surface area contributed by atoms with Crippen molar-refractivity contribution < 1.29 is 12.8 Å². The van der Waals surface area contributed by atoms with Gasteiger partial charge >= 0.3 is 0 Å². The topological polar surface area (TPSA) is 85.3 Å². The molecule has 1 aromatic carbocycles. The highest BCUT2D eigenvalue weighted by Crippen LogP contribution is 2.19. The molecule has 0 spiro atoms. The molecule has 1 unspecified atom stereocenters. The van der Waals surface area contributed by atoms with Gasteiger partial charge in [0.15, 0.2) is 0 Å². The predicted molar refractivity (Wildman–Crippen MR) is 77.8 cm³/mol. The smallest absolute Gasteiger partial charge is 0.241 e. The molecule has 2 aromatic rings. The Bertz CT molecular complexity index is 678. The van der Waals surface area contributed by atoms with Crippen molar-refractivity contribution in [3.8, 4) is 0 Å². The van der Waals surface area contributed by atoms with E-state index < -0.39 is 10.0 Å². The molecule has 0 aliphatic rings. The number of rotatable bonds is 5. The summed E-state index contributed by atoms with van der Waals surface area (Å²) in [5, 5.41) is 0. The van der Waals surface area contributed by atoms with E-state index in [0.29, 0.717) is 17.7 Å². The number of nitrogen functional groups attached to an aromatic ring is 1. The molecule has 0 aliphatic carbocycles. The van der Waals surface area contributed by atoms with Crippen LogP contribution in [0.1, 0.15) is 18.2 Å². The molecule has 0 amide bonds. The van der Waals surface area contributed by atoms with Gasteiger partial charge in [0.2, 0.25) is 10.0 Å². The standard InChI is InChI=1S/C14H18N2O3S/c1-10-5-6-12(15)9-14(10)20(17,18)16-11(2)8-13-4-3-7-19-13/h3-7,9,11,16H,8,15H2,1-2H3. The van der Waals surface area contributed by atoms with E-state index in [9.17, 15) is 8.42 Å². The van der Waals surface area contributed by atoms with E-state index in [0.717, 1.165) is 5.76 Å². The summed E-state index contributed by atoms with van der Waals surface area (Å²) in [6.45, 7) is 3.53. The van der Waals surface area contributed by atoms with E-state index >= 15 is 0 Å². The monoisotopic (exact) mass is 294 g/mol. The molecule has 20 heavy (non-hydrogen) atoms. The lowest BCUT2D eigenvalue weighted by Gasteiger charge is -2.15. The molecule has 0 fully saturated rings. The van der Waals surface area contributed by atoms with Crippen LogP contribution < -0.4 is 10.5 Å². The van der Waals surface area contributed by atoms with Gasteiger partial charge in [0.1, 0.15) is 5.76 Å². The summed E-state index contributed by atoms with van der Waals surface area (Å²) in [5.74, 6) is 0.740. The fourth-order valence-electron chi connectivity index (χ4n) is 2.01. The van der Waals surface area contributed by atoms with Crippen molar-refractivity contribution in [2.24, 2.45) is 0 Å². The van der Waals surface area contributed by atoms with Gasteiger partial charge in [-0.05, 0) is 43.7 Å². The first-order valence-corrected chi connectivity index (χ1v) is 7.77. The molecule has 0 saturated carbocycles. The van der Waals surface area contributed by atoms with Gasteiger partial charge in [-0.25, -0.2) is 13.1 Å². The zero-order valence-electron chi connectivity index (χ0n) is 11.5. The lowest BCUT2D eigenvalue weighted by Crippen LogP contribution is -2.34. The molecule has 0 aliphatic heterocycles. The molecule has 5 nitrogen and oxygen atoms in total. The van der Waals surface area contributed by atoms with Crippen LogP contribution in [0, 0.1) is 6.92 Å². The van der Waals surface area contributed by atoms with Crippen LogP contribution in [-0.2, 0) is 16.4 Å². The van der Waals surface area contributed by atoms with Gasteiger partial charge in [0.25, 0.3) is 0 Å². The molecule has 1 aromatic heterocycles. The maximum absolute atomic E-state index is 12.3. The van der Waals surface area contributed by atoms with Crippen LogP contribution in [0.15, 0.2) is 45.9 Å². The summed E-state index contributed by atoms with van der Waals surface area (Å²) in [6.07, 6.45) is 2.06. The number of anilines is 1. The van der Waals surface area contributed by atoms with Crippen molar-refractivity contribution in [3.63, 3.8) is 0 Å². The normalized spacial score (nSPS) is 13.3. The Kier molecular flexibility index (Phi) is 4.15. The van der Waals surface area contributed by atoms with Gasteiger partial charge in [-0.15, -0.1) is 0 Å². The number of hydrogen-bond donors (Lipinski definition) is 2. The number of furan rings is 1. The first kappa shape index (κ1) is 14.6. The number of sulfonamides is 1. The molecular weight excluding hydrogens is 276 g/mol. The summed E-state index contributed by atoms with van der Waals surface area (Å²) in [6, 6.07) is 8.17. The van der Waals surface area contributed by atoms with Crippen LogP contribution in [0.25, 0.3) is 0 Å². The second kappa shape index (κ2) is 5.68. The van der Waals surface area contributed by atoms with Gasteiger partial charge in [-0.3, -0.25) is 0 Å². The summed E-state index contributed by atoms with van der Waals surface area (Å²) in [4.78, 5) is 0.212. The second-order valence-corrected chi connectivity index (χ2v) is 6.51. The highest BCUT2D eigenvalue weighted by atomic mass is 32.2. The van der Waals surface area contributed by atoms with Crippen LogP contribution in [-0.4, -0.2) is 14.5 Å². The van der Waals surface area contributed by atoms with E-state index in [1.807, 2.05) is 6.07 Å². The van der Waals surface area contributed by atoms with E-state index in [1.54, 1.807) is 38.3 Å². The zero-order valence-corrected chi connectivity index (χ0v) is 12.3. The molecule has 0 radical (unpaired) electrons. The first-order valence-electron chi connectivity index (χ1n) is 6.29. The van der Waals surface area contributed by atoms with Crippen LogP contribution in [0.2, 0.25) is 0 Å². The summed E-state index contributed by atoms with van der Waals surface area (Å²) < 4.78 is 32.5. The molecule has 0 bridgehead atoms. The predicted octanol–water partition coefficient (Wildman–Crippen LogP) is 2.08. The van der Waals surface area contributed by atoms with Gasteiger partial charge < -0.3 is 10.2 Å². The Balaban J connectivity index is 2.16. The molecule has 3 N–H and O–H groups in total. The van der Waals surface area contributed by atoms with Gasteiger partial charge in [0, 0.05) is 18.2 Å². The molecule has 108 valence electrons. The Labute approximate surface area is 118 Å². The SMILES string of the molecule is Cc1ccc(N)cc1S(=O)(=O)NC(C)Cc1ccco1. The Morgan fingerprint density at radius 3 is 2.75 bits per heavy atom. The third-order valence-electron chi connectivity index (χ3n) is 2.95. The maximum atomic E-state index is 12.3. The summed E-state index contributed by atoms with van der Waals surface area (Å²) in [5.41, 5.74) is 6.75. The van der Waals surface area contributed by atoms with Crippen molar-refractivity contribution in [2.75, 3.05) is 5.73 Å². The third-order valence-corrected chi connectivity index (χ3v) is 4.68. The largest absolute Gasteiger partial charge is 0.469 e. The van der Waals surface area contributed by atoms with Crippen molar-refractivity contribution in [2.45, 2.75) is 31.2 Å². The Hall–Kier alpha value is -1.79. The van der Waals surface area contributed by atoms with Gasteiger partial charge in [-0.1, -0.05) is 6.07 Å². The molecule has 2 rings (SSSR count). The number of hydrogen-bond acceptors (Lipinski definition) is 4. The van der Waals surface area contributed by atoms with Gasteiger partial charge in [0.05, 0.1) is 11.2 Å². The van der Waals surface area contributed by atoms with E-state index in [1.165, 1.54) is 6.07 Å². The minimum Gasteiger partial charge on any atom is -0.469 e. The van der Waals surface area contributed by atoms with Crippen LogP contribution in [0.3, 0.4) is 0 Å². The van der Waals surface area contributed by atoms with Crippen LogP contribution >= 0.6 is 0 Å². The molecule has 1 atom stereocenters. The molecular formula is C14H18N2O3S. The minimum absolute atomic E-state index is 0.212. The number of benzene rings is 1. The lowest BCUT2D eigenvalue weighted by atomic mass is 10.2. The average molecular weight is 294 g/mol. The highest BCUT2D eigenvalue weighted by Gasteiger charge is 2.20. The minimum atomic E-state index is -3.59. The third kappa shape index (κ3) is 3.40. The summed E-state index contributed by atoms with van der Waals surface area (Å²) >= 11 is 0. The van der Waals surface area contributed by atoms with E-state index in [-0.39, 0.29) is 10.9 Å². The Morgan fingerprint density at radius 2 is 2.10 bits per heavy atom. The fraction of sp³-hybridized carbons (Fsp3) is 0.286. The maximum Gasteiger partial charge on any atom is 0.241 e. The quantitative estimate of drug-likeness (QED) is 0.827. The summed E-state index contributed by atoms with van der Waals surface area (Å²) in [7, 11) is -3.59. The van der Waals surface area contributed by atoms with E-state index in [2.05, 4.69) is 4.72 Å². The van der Waals surface area contributed by atoms with Crippen LogP contribution in [0.4, 0.5) is 5.69 Å². The van der Waals surface area contributed by atoms with Crippen molar-refractivity contribution in [1.82, 2.24) is 4.72 Å². The first-order chi connectivity index (χ1) is 9.38. The molecule has 0 saturated heterocycles. The van der Waals surface area contributed by atoms with Crippen molar-refractivity contribution in [1.29, 1.82) is 0 Å². The number of nitrogens with one attached hydrogen (secondary N) is 1. The second-order valence-electron chi connectivity index (χ2n) is 4.83. The number of nitrogens with two attached hydrogens (primary N) is 1. The lowest BCUT2D eigenvalue weighted by molar-refractivity contribution is 0.479. The van der Waals surface area contributed by atoms with E-state index in [4.69, 9.17) is 10.2 Å². The Morgan fingerprint density at radius 1 is 1.35 bits per heavy atom. The zero-order chi connectivity index (χ0) is 14.8. The average Bonchev–Trinajstić information content (AvgIpc) is 2.84.